The highest BCUT2D eigenvalue weighted by molar-refractivity contribution is 5.83. The van der Waals surface area contributed by atoms with E-state index in [1.807, 2.05) is 49.1 Å². The van der Waals surface area contributed by atoms with E-state index in [1.54, 1.807) is 0 Å². The van der Waals surface area contributed by atoms with Crippen LogP contribution in [0.4, 0.5) is 0 Å². The normalized spacial score (nSPS) is 19.2. The second-order valence-electron chi connectivity index (χ2n) is 7.06. The lowest BCUT2D eigenvalue weighted by atomic mass is 9.92. The van der Waals surface area contributed by atoms with Crippen molar-refractivity contribution >= 4 is 11.8 Å². The maximum Gasteiger partial charge on any atom is 0.230 e. The number of nitrogens with zero attached hydrogens (tertiary/aromatic N) is 1. The molecule has 4 heteroatoms. The highest BCUT2D eigenvalue weighted by Crippen LogP contribution is 2.25. The topological polar surface area (TPSA) is 49.4 Å². The Balaban J connectivity index is 1.95. The van der Waals surface area contributed by atoms with Crippen LogP contribution in [-0.4, -0.2) is 36.3 Å². The summed E-state index contributed by atoms with van der Waals surface area (Å²) in [7, 11) is 0. The molecule has 0 bridgehead atoms. The van der Waals surface area contributed by atoms with E-state index in [4.69, 9.17) is 0 Å². The zero-order valence-electron chi connectivity index (χ0n) is 15.1. The molecule has 0 aliphatic carbocycles. The highest BCUT2D eigenvalue weighted by atomic mass is 16.2. The summed E-state index contributed by atoms with van der Waals surface area (Å²) < 4.78 is 0. The van der Waals surface area contributed by atoms with Gasteiger partial charge >= 0.3 is 0 Å². The van der Waals surface area contributed by atoms with Crippen molar-refractivity contribution in [3.05, 3.63) is 35.9 Å². The smallest absolute Gasteiger partial charge is 0.230 e. The molecule has 2 atom stereocenters. The molecule has 1 aromatic carbocycles. The van der Waals surface area contributed by atoms with E-state index in [9.17, 15) is 9.59 Å². The fraction of sp³-hybridized carbons (Fsp3) is 0.600. The number of rotatable bonds is 6. The minimum absolute atomic E-state index is 0.00822. The van der Waals surface area contributed by atoms with E-state index >= 15 is 0 Å². The number of carbonyl (C=O) groups excluding carboxylic acids is 2. The molecule has 24 heavy (non-hydrogen) atoms. The Hall–Kier alpha value is -1.84. The summed E-state index contributed by atoms with van der Waals surface area (Å²) >= 11 is 0. The van der Waals surface area contributed by atoms with Crippen LogP contribution in [0.3, 0.4) is 0 Å². The number of hydrogen-bond acceptors (Lipinski definition) is 2. The van der Waals surface area contributed by atoms with Crippen molar-refractivity contribution in [1.29, 1.82) is 0 Å². The van der Waals surface area contributed by atoms with Gasteiger partial charge in [-0.05, 0) is 30.7 Å². The van der Waals surface area contributed by atoms with Gasteiger partial charge in [-0.3, -0.25) is 9.59 Å². The molecule has 0 saturated carbocycles. The number of carbonyl (C=O) groups is 2. The number of amides is 2. The van der Waals surface area contributed by atoms with E-state index in [-0.39, 0.29) is 23.7 Å². The van der Waals surface area contributed by atoms with Gasteiger partial charge in [0, 0.05) is 25.6 Å². The Morgan fingerprint density at radius 2 is 1.96 bits per heavy atom. The van der Waals surface area contributed by atoms with Crippen LogP contribution >= 0.6 is 0 Å². The molecule has 2 amide bonds. The van der Waals surface area contributed by atoms with Crippen LogP contribution in [0.25, 0.3) is 0 Å². The summed E-state index contributed by atoms with van der Waals surface area (Å²) in [5, 5.41) is 3.01. The maximum atomic E-state index is 13.0. The Morgan fingerprint density at radius 3 is 2.58 bits per heavy atom. The van der Waals surface area contributed by atoms with Crippen molar-refractivity contribution in [3.8, 4) is 0 Å². The summed E-state index contributed by atoms with van der Waals surface area (Å²) in [6.45, 7) is 8.12. The monoisotopic (exact) mass is 330 g/mol. The molecule has 1 heterocycles. The molecule has 0 radical (unpaired) electrons. The third-order valence-corrected chi connectivity index (χ3v) is 4.83. The number of hydrogen-bond donors (Lipinski definition) is 1. The third kappa shape index (κ3) is 4.83. The van der Waals surface area contributed by atoms with Crippen LogP contribution in [0.5, 0.6) is 0 Å². The van der Waals surface area contributed by atoms with Gasteiger partial charge in [0.1, 0.15) is 0 Å². The lowest BCUT2D eigenvalue weighted by Crippen LogP contribution is -2.45. The first-order valence-corrected chi connectivity index (χ1v) is 9.14. The minimum Gasteiger partial charge on any atom is -0.356 e. The SMILES string of the molecule is CC[C@@H](C(=O)N1CCC[C@H](CNC(=O)C(C)C)C1)c1ccccc1. The summed E-state index contributed by atoms with van der Waals surface area (Å²) in [5.74, 6) is 0.625. The molecule has 1 aromatic rings. The van der Waals surface area contributed by atoms with Crippen LogP contribution in [0, 0.1) is 11.8 Å². The fourth-order valence-corrected chi connectivity index (χ4v) is 3.34. The molecular formula is C20H30N2O2. The van der Waals surface area contributed by atoms with Gasteiger partial charge in [-0.25, -0.2) is 0 Å². The third-order valence-electron chi connectivity index (χ3n) is 4.83. The van der Waals surface area contributed by atoms with E-state index in [1.165, 1.54) is 0 Å². The summed E-state index contributed by atoms with van der Waals surface area (Å²) in [6, 6.07) is 10.0. The first kappa shape index (κ1) is 18.5. The predicted molar refractivity (Wildman–Crippen MR) is 96.6 cm³/mol. The Labute approximate surface area is 145 Å². The number of likely N-dealkylation sites (tertiary alicyclic amines) is 1. The molecule has 4 nitrogen and oxygen atoms in total. The Bertz CT molecular complexity index is 542. The van der Waals surface area contributed by atoms with E-state index in [0.29, 0.717) is 12.5 Å². The quantitative estimate of drug-likeness (QED) is 0.871. The number of benzene rings is 1. The van der Waals surface area contributed by atoms with Crippen LogP contribution in [0.15, 0.2) is 30.3 Å². The van der Waals surface area contributed by atoms with Crippen molar-refractivity contribution in [2.45, 2.75) is 46.0 Å². The van der Waals surface area contributed by atoms with E-state index < -0.39 is 0 Å². The summed E-state index contributed by atoms with van der Waals surface area (Å²) in [4.78, 5) is 26.7. The molecular weight excluding hydrogens is 300 g/mol. The standard InChI is InChI=1S/C20H30N2O2/c1-4-18(17-10-6-5-7-11-17)20(24)22-12-8-9-16(14-22)13-21-19(23)15(2)3/h5-7,10-11,15-16,18H,4,8-9,12-14H2,1-3H3,(H,21,23)/t16-,18-/m1/s1. The second kappa shape index (κ2) is 8.86. The van der Waals surface area contributed by atoms with E-state index in [0.717, 1.165) is 37.9 Å². The zero-order chi connectivity index (χ0) is 17.5. The molecule has 1 N–H and O–H groups in total. The van der Waals surface area contributed by atoms with Crippen LogP contribution in [0.2, 0.25) is 0 Å². The zero-order valence-corrected chi connectivity index (χ0v) is 15.1. The molecule has 1 aliphatic rings. The van der Waals surface area contributed by atoms with Crippen molar-refractivity contribution < 1.29 is 9.59 Å². The van der Waals surface area contributed by atoms with Crippen molar-refractivity contribution in [2.75, 3.05) is 19.6 Å². The Morgan fingerprint density at radius 1 is 1.25 bits per heavy atom. The molecule has 1 fully saturated rings. The van der Waals surface area contributed by atoms with Gasteiger partial charge in [-0.15, -0.1) is 0 Å². The van der Waals surface area contributed by atoms with Crippen LogP contribution in [0.1, 0.15) is 51.5 Å². The molecule has 0 unspecified atom stereocenters. The molecule has 1 aliphatic heterocycles. The molecule has 0 spiro atoms. The molecule has 132 valence electrons. The first-order valence-electron chi connectivity index (χ1n) is 9.14. The number of piperidine rings is 1. The second-order valence-corrected chi connectivity index (χ2v) is 7.06. The lowest BCUT2D eigenvalue weighted by Gasteiger charge is -2.35. The van der Waals surface area contributed by atoms with Gasteiger partial charge in [0.15, 0.2) is 0 Å². The lowest BCUT2D eigenvalue weighted by molar-refractivity contribution is -0.134. The summed E-state index contributed by atoms with van der Waals surface area (Å²) in [5.41, 5.74) is 1.10. The van der Waals surface area contributed by atoms with E-state index in [2.05, 4.69) is 12.2 Å². The molecule has 2 rings (SSSR count). The minimum atomic E-state index is -0.0600. The average Bonchev–Trinajstić information content (AvgIpc) is 2.61. The first-order chi connectivity index (χ1) is 11.5. The van der Waals surface area contributed by atoms with Crippen molar-refractivity contribution in [1.82, 2.24) is 10.2 Å². The average molecular weight is 330 g/mol. The Kier molecular flexibility index (Phi) is 6.83. The molecule has 1 saturated heterocycles. The van der Waals surface area contributed by atoms with Gasteiger partial charge in [-0.1, -0.05) is 51.1 Å². The van der Waals surface area contributed by atoms with Crippen LogP contribution in [-0.2, 0) is 9.59 Å². The predicted octanol–water partition coefficient (Wildman–Crippen LogP) is 3.19. The fourth-order valence-electron chi connectivity index (χ4n) is 3.34. The van der Waals surface area contributed by atoms with Gasteiger partial charge in [0.25, 0.3) is 0 Å². The maximum absolute atomic E-state index is 13.0. The molecule has 0 aromatic heterocycles. The van der Waals surface area contributed by atoms with Crippen molar-refractivity contribution in [3.63, 3.8) is 0 Å². The largest absolute Gasteiger partial charge is 0.356 e. The van der Waals surface area contributed by atoms with Crippen LogP contribution < -0.4 is 5.32 Å². The van der Waals surface area contributed by atoms with Gasteiger partial charge in [0.05, 0.1) is 5.92 Å². The summed E-state index contributed by atoms with van der Waals surface area (Å²) in [6.07, 6.45) is 2.90. The highest BCUT2D eigenvalue weighted by Gasteiger charge is 2.29. The van der Waals surface area contributed by atoms with Gasteiger partial charge in [-0.2, -0.15) is 0 Å². The van der Waals surface area contributed by atoms with Gasteiger partial charge in [0.2, 0.25) is 11.8 Å². The number of nitrogens with one attached hydrogen (secondary N) is 1. The van der Waals surface area contributed by atoms with Gasteiger partial charge < -0.3 is 10.2 Å². The van der Waals surface area contributed by atoms with Crippen molar-refractivity contribution in [2.24, 2.45) is 11.8 Å².